The highest BCUT2D eigenvalue weighted by molar-refractivity contribution is 8.13. The van der Waals surface area contributed by atoms with E-state index in [1.165, 1.54) is 4.90 Å². The fourth-order valence-corrected chi connectivity index (χ4v) is 2.79. The number of nitrogens with zero attached hydrogens (tertiary/aromatic N) is 4. The fourth-order valence-electron chi connectivity index (χ4n) is 1.96. The van der Waals surface area contributed by atoms with Gasteiger partial charge in [0.25, 0.3) is 5.24 Å². The molecule has 0 atom stereocenters. The van der Waals surface area contributed by atoms with Gasteiger partial charge in [0.2, 0.25) is 5.16 Å². The molecule has 0 saturated heterocycles. The Bertz CT molecular complexity index is 664. The molecule has 0 N–H and O–H groups in total. The SMILES string of the molecule is CN(C)C(=O)Sc1nnc(C2CC2)n1-c1ccc(Cl)cc1. The number of benzene rings is 1. The Balaban J connectivity index is 2.00. The molecule has 1 aliphatic rings. The van der Waals surface area contributed by atoms with Crippen molar-refractivity contribution in [3.63, 3.8) is 0 Å². The van der Waals surface area contributed by atoms with Crippen LogP contribution in [0.25, 0.3) is 5.69 Å². The zero-order valence-electron chi connectivity index (χ0n) is 11.8. The van der Waals surface area contributed by atoms with Crippen molar-refractivity contribution < 1.29 is 4.79 Å². The van der Waals surface area contributed by atoms with Crippen molar-refractivity contribution in [1.82, 2.24) is 19.7 Å². The lowest BCUT2D eigenvalue weighted by Gasteiger charge is -2.12. The second kappa shape index (κ2) is 5.69. The van der Waals surface area contributed by atoms with Crippen LogP contribution in [0.2, 0.25) is 5.02 Å². The van der Waals surface area contributed by atoms with Crippen LogP contribution >= 0.6 is 23.4 Å². The van der Waals surface area contributed by atoms with Gasteiger partial charge in [-0.05, 0) is 37.1 Å². The van der Waals surface area contributed by atoms with Crippen LogP contribution in [-0.2, 0) is 0 Å². The molecule has 0 bridgehead atoms. The maximum Gasteiger partial charge on any atom is 0.288 e. The van der Waals surface area contributed by atoms with E-state index in [-0.39, 0.29) is 5.24 Å². The van der Waals surface area contributed by atoms with Gasteiger partial charge in [0, 0.05) is 42.5 Å². The Hall–Kier alpha value is -1.53. The van der Waals surface area contributed by atoms with Crippen LogP contribution in [0, 0.1) is 0 Å². The Morgan fingerprint density at radius 3 is 2.52 bits per heavy atom. The van der Waals surface area contributed by atoms with Crippen LogP contribution in [0.15, 0.2) is 29.4 Å². The van der Waals surface area contributed by atoms with E-state index in [1.807, 2.05) is 28.8 Å². The van der Waals surface area contributed by atoms with E-state index < -0.39 is 0 Å². The van der Waals surface area contributed by atoms with E-state index >= 15 is 0 Å². The van der Waals surface area contributed by atoms with Gasteiger partial charge >= 0.3 is 0 Å². The monoisotopic (exact) mass is 322 g/mol. The molecule has 0 spiro atoms. The number of thioether (sulfide) groups is 1. The summed E-state index contributed by atoms with van der Waals surface area (Å²) >= 11 is 7.03. The zero-order chi connectivity index (χ0) is 15.0. The maximum atomic E-state index is 11.9. The van der Waals surface area contributed by atoms with Crippen LogP contribution in [-0.4, -0.2) is 39.0 Å². The van der Waals surface area contributed by atoms with Gasteiger partial charge in [-0.15, -0.1) is 10.2 Å². The van der Waals surface area contributed by atoms with E-state index in [1.54, 1.807) is 14.1 Å². The first-order valence-electron chi connectivity index (χ1n) is 6.66. The van der Waals surface area contributed by atoms with Crippen molar-refractivity contribution in [2.24, 2.45) is 0 Å². The molecule has 0 aliphatic heterocycles. The molecule has 1 fully saturated rings. The molecule has 1 heterocycles. The Labute approximate surface area is 132 Å². The molecule has 0 radical (unpaired) electrons. The first kappa shape index (κ1) is 14.4. The minimum Gasteiger partial charge on any atom is -0.339 e. The van der Waals surface area contributed by atoms with Gasteiger partial charge in [0.15, 0.2) is 0 Å². The average molecular weight is 323 g/mol. The van der Waals surface area contributed by atoms with Crippen molar-refractivity contribution in [2.45, 2.75) is 23.9 Å². The number of hydrogen-bond donors (Lipinski definition) is 0. The molecule has 1 aromatic heterocycles. The second-order valence-electron chi connectivity index (χ2n) is 5.19. The van der Waals surface area contributed by atoms with Crippen LogP contribution < -0.4 is 0 Å². The minimum absolute atomic E-state index is 0.0695. The smallest absolute Gasteiger partial charge is 0.288 e. The van der Waals surface area contributed by atoms with E-state index in [0.717, 1.165) is 36.1 Å². The van der Waals surface area contributed by atoms with Gasteiger partial charge in [-0.1, -0.05) is 11.6 Å². The van der Waals surface area contributed by atoms with Gasteiger partial charge in [0.05, 0.1) is 0 Å². The summed E-state index contributed by atoms with van der Waals surface area (Å²) in [5.74, 6) is 1.36. The van der Waals surface area contributed by atoms with E-state index in [2.05, 4.69) is 10.2 Å². The van der Waals surface area contributed by atoms with Crippen LogP contribution in [0.3, 0.4) is 0 Å². The van der Waals surface area contributed by atoms with Gasteiger partial charge in [0.1, 0.15) is 5.82 Å². The molecular weight excluding hydrogens is 308 g/mol. The number of hydrogen-bond acceptors (Lipinski definition) is 4. The number of aromatic nitrogens is 3. The summed E-state index contributed by atoms with van der Waals surface area (Å²) in [7, 11) is 3.44. The van der Waals surface area contributed by atoms with Crippen molar-refractivity contribution in [2.75, 3.05) is 14.1 Å². The van der Waals surface area contributed by atoms with Crippen molar-refractivity contribution in [3.05, 3.63) is 35.1 Å². The maximum absolute atomic E-state index is 11.9. The fraction of sp³-hybridized carbons (Fsp3) is 0.357. The van der Waals surface area contributed by atoms with Gasteiger partial charge in [-0.3, -0.25) is 9.36 Å². The molecule has 7 heteroatoms. The number of rotatable bonds is 3. The highest BCUT2D eigenvalue weighted by atomic mass is 35.5. The lowest BCUT2D eigenvalue weighted by atomic mass is 10.3. The zero-order valence-corrected chi connectivity index (χ0v) is 13.4. The summed E-state index contributed by atoms with van der Waals surface area (Å²) in [6.45, 7) is 0. The number of amides is 1. The highest BCUT2D eigenvalue weighted by Crippen LogP contribution is 2.41. The molecule has 1 amide bonds. The molecule has 1 aromatic carbocycles. The molecule has 5 nitrogen and oxygen atoms in total. The summed E-state index contributed by atoms with van der Waals surface area (Å²) in [6, 6.07) is 7.50. The molecule has 1 aliphatic carbocycles. The van der Waals surface area contributed by atoms with E-state index in [4.69, 9.17) is 11.6 Å². The van der Waals surface area contributed by atoms with Crippen molar-refractivity contribution >= 4 is 28.6 Å². The van der Waals surface area contributed by atoms with Crippen molar-refractivity contribution in [3.8, 4) is 5.69 Å². The standard InChI is InChI=1S/C14H15ClN4OS/c1-18(2)14(20)21-13-17-16-12(9-3-4-9)19(13)11-7-5-10(15)6-8-11/h5-9H,3-4H2,1-2H3. The van der Waals surface area contributed by atoms with Crippen LogP contribution in [0.4, 0.5) is 4.79 Å². The summed E-state index contributed by atoms with van der Waals surface area (Å²) in [4.78, 5) is 13.5. The summed E-state index contributed by atoms with van der Waals surface area (Å²) in [6.07, 6.45) is 2.25. The van der Waals surface area contributed by atoms with Gasteiger partial charge in [-0.2, -0.15) is 0 Å². The summed E-state index contributed by atoms with van der Waals surface area (Å²) in [5.41, 5.74) is 0.931. The quantitative estimate of drug-likeness (QED) is 0.811. The minimum atomic E-state index is -0.0695. The summed E-state index contributed by atoms with van der Waals surface area (Å²) < 4.78 is 1.96. The second-order valence-corrected chi connectivity index (χ2v) is 6.54. The Kier molecular flexibility index (Phi) is 3.91. The van der Waals surface area contributed by atoms with E-state index in [0.29, 0.717) is 16.1 Å². The number of carbonyl (C=O) groups is 1. The molecule has 0 unspecified atom stereocenters. The molecular formula is C14H15ClN4OS. The third kappa shape index (κ3) is 3.06. The molecule has 110 valence electrons. The number of halogens is 1. The Morgan fingerprint density at radius 1 is 1.29 bits per heavy atom. The highest BCUT2D eigenvalue weighted by Gasteiger charge is 2.31. The average Bonchev–Trinajstić information content (AvgIpc) is 3.22. The first-order chi connectivity index (χ1) is 10.1. The third-order valence-electron chi connectivity index (χ3n) is 3.23. The largest absolute Gasteiger partial charge is 0.339 e. The number of carbonyl (C=O) groups excluding carboxylic acids is 1. The van der Waals surface area contributed by atoms with Gasteiger partial charge < -0.3 is 4.90 Å². The summed E-state index contributed by atoms with van der Waals surface area (Å²) in [5, 5.41) is 9.68. The molecule has 1 saturated carbocycles. The predicted octanol–water partition coefficient (Wildman–Crippen LogP) is 3.57. The van der Waals surface area contributed by atoms with Crippen molar-refractivity contribution in [1.29, 1.82) is 0 Å². The molecule has 2 aromatic rings. The Morgan fingerprint density at radius 2 is 1.95 bits per heavy atom. The van der Waals surface area contributed by atoms with E-state index in [9.17, 15) is 4.79 Å². The van der Waals surface area contributed by atoms with Crippen LogP contribution in [0.5, 0.6) is 0 Å². The van der Waals surface area contributed by atoms with Gasteiger partial charge in [-0.25, -0.2) is 0 Å². The normalized spacial score (nSPS) is 14.2. The topological polar surface area (TPSA) is 51.0 Å². The third-order valence-corrected chi connectivity index (χ3v) is 4.47. The molecule has 21 heavy (non-hydrogen) atoms. The van der Waals surface area contributed by atoms with Crippen LogP contribution in [0.1, 0.15) is 24.6 Å². The predicted molar refractivity (Wildman–Crippen MR) is 83.3 cm³/mol. The molecule has 3 rings (SSSR count). The lowest BCUT2D eigenvalue weighted by Crippen LogP contribution is -2.17. The lowest BCUT2D eigenvalue weighted by molar-refractivity contribution is 0.241. The first-order valence-corrected chi connectivity index (χ1v) is 7.86.